The van der Waals surface area contributed by atoms with E-state index in [-0.39, 0.29) is 11.8 Å². The van der Waals surface area contributed by atoms with Gasteiger partial charge in [-0.05, 0) is 34.7 Å². The Morgan fingerprint density at radius 1 is 0.897 bits per heavy atom. The van der Waals surface area contributed by atoms with Crippen molar-refractivity contribution in [2.75, 3.05) is 5.32 Å². The number of rotatable bonds is 6. The number of nitrogens with one attached hydrogen (secondary N) is 1. The fourth-order valence-corrected chi connectivity index (χ4v) is 4.44. The Balaban J connectivity index is 1.55. The van der Waals surface area contributed by atoms with E-state index in [9.17, 15) is 4.79 Å². The summed E-state index contributed by atoms with van der Waals surface area (Å²) in [6.45, 7) is 4.36. The van der Waals surface area contributed by atoms with Crippen LogP contribution in [0.4, 0.5) is 5.13 Å². The molecule has 0 spiro atoms. The van der Waals surface area contributed by atoms with Gasteiger partial charge in [-0.25, -0.2) is 4.98 Å². The summed E-state index contributed by atoms with van der Waals surface area (Å²) in [6.07, 6.45) is 0.376. The minimum atomic E-state index is -0.0224. The van der Waals surface area contributed by atoms with Crippen molar-refractivity contribution in [2.45, 2.75) is 32.1 Å². The van der Waals surface area contributed by atoms with Gasteiger partial charge >= 0.3 is 0 Å². The number of carbonyl (C=O) groups excluding carboxylic acids is 1. The predicted octanol–water partition coefficient (Wildman–Crippen LogP) is 6.58. The maximum Gasteiger partial charge on any atom is 0.227 e. The van der Waals surface area contributed by atoms with Crippen LogP contribution in [-0.4, -0.2) is 10.9 Å². The van der Waals surface area contributed by atoms with Crippen LogP contribution in [0.25, 0.3) is 10.2 Å². The van der Waals surface area contributed by atoms with Gasteiger partial charge in [0.05, 0.1) is 10.2 Å². The minimum Gasteiger partial charge on any atom is -0.302 e. The van der Waals surface area contributed by atoms with Crippen molar-refractivity contribution >= 4 is 32.6 Å². The number of anilines is 1. The first-order chi connectivity index (χ1) is 14.1. The Labute approximate surface area is 175 Å². The topological polar surface area (TPSA) is 42.0 Å². The zero-order chi connectivity index (χ0) is 20.2. The summed E-state index contributed by atoms with van der Waals surface area (Å²) in [5.74, 6) is 0.460. The van der Waals surface area contributed by atoms with Crippen molar-refractivity contribution in [1.29, 1.82) is 0 Å². The van der Waals surface area contributed by atoms with Gasteiger partial charge in [0.1, 0.15) is 0 Å². The van der Waals surface area contributed by atoms with E-state index in [2.05, 4.69) is 60.5 Å². The van der Waals surface area contributed by atoms with Gasteiger partial charge in [-0.3, -0.25) is 4.79 Å². The van der Waals surface area contributed by atoms with E-state index >= 15 is 0 Å². The fraction of sp³-hybridized carbons (Fsp3) is 0.200. The van der Waals surface area contributed by atoms with Gasteiger partial charge in [0.15, 0.2) is 5.13 Å². The molecule has 0 unspecified atom stereocenters. The van der Waals surface area contributed by atoms with Gasteiger partial charge in [-0.1, -0.05) is 91.9 Å². The second kappa shape index (κ2) is 8.58. The third-order valence-corrected chi connectivity index (χ3v) is 6.05. The van der Waals surface area contributed by atoms with E-state index in [0.29, 0.717) is 17.5 Å². The molecule has 1 amide bonds. The zero-order valence-corrected chi connectivity index (χ0v) is 17.4. The highest BCUT2D eigenvalue weighted by molar-refractivity contribution is 7.22. The maximum absolute atomic E-state index is 12.9. The van der Waals surface area contributed by atoms with Crippen molar-refractivity contribution in [2.24, 2.45) is 0 Å². The van der Waals surface area contributed by atoms with Crippen molar-refractivity contribution in [3.8, 4) is 0 Å². The van der Waals surface area contributed by atoms with Crippen molar-refractivity contribution in [1.82, 2.24) is 4.98 Å². The average molecular weight is 401 g/mol. The number of amides is 1. The van der Waals surface area contributed by atoms with Crippen LogP contribution in [-0.2, 0) is 4.79 Å². The lowest BCUT2D eigenvalue weighted by atomic mass is 9.88. The third-order valence-electron chi connectivity index (χ3n) is 5.12. The number of carbonyl (C=O) groups is 1. The van der Waals surface area contributed by atoms with Gasteiger partial charge in [-0.2, -0.15) is 0 Å². The molecule has 4 heteroatoms. The molecule has 1 aromatic heterocycles. The number of hydrogen-bond donors (Lipinski definition) is 1. The second-order valence-electron chi connectivity index (χ2n) is 7.53. The molecule has 0 saturated heterocycles. The van der Waals surface area contributed by atoms with Crippen LogP contribution in [0.15, 0.2) is 78.9 Å². The van der Waals surface area contributed by atoms with Crippen LogP contribution in [0.2, 0.25) is 0 Å². The monoisotopic (exact) mass is 400 g/mol. The Bertz CT molecular complexity index is 1060. The molecule has 0 aliphatic carbocycles. The van der Waals surface area contributed by atoms with E-state index in [1.54, 1.807) is 0 Å². The molecular formula is C25H24N2OS. The van der Waals surface area contributed by atoms with E-state index in [1.807, 2.05) is 42.5 Å². The minimum absolute atomic E-state index is 0.0133. The van der Waals surface area contributed by atoms with E-state index in [0.717, 1.165) is 21.3 Å². The number of thiazole rings is 1. The Morgan fingerprint density at radius 3 is 2.10 bits per heavy atom. The van der Waals surface area contributed by atoms with Crippen LogP contribution in [0.5, 0.6) is 0 Å². The summed E-state index contributed by atoms with van der Waals surface area (Å²) in [5, 5.41) is 3.68. The van der Waals surface area contributed by atoms with Crippen LogP contribution < -0.4 is 5.32 Å². The quantitative estimate of drug-likeness (QED) is 0.397. The first-order valence-corrected chi connectivity index (χ1v) is 10.7. The van der Waals surface area contributed by atoms with Gasteiger partial charge in [0.25, 0.3) is 0 Å². The van der Waals surface area contributed by atoms with Gasteiger partial charge in [0.2, 0.25) is 5.91 Å². The average Bonchev–Trinajstić information content (AvgIpc) is 3.14. The SMILES string of the molecule is CC(C)c1ccc2nc(NC(=O)CC(c3ccccc3)c3ccccc3)sc2c1. The summed E-state index contributed by atoms with van der Waals surface area (Å²) in [6, 6.07) is 26.7. The van der Waals surface area contributed by atoms with Crippen molar-refractivity contribution in [3.63, 3.8) is 0 Å². The molecule has 0 aliphatic heterocycles. The molecule has 0 aliphatic rings. The number of fused-ring (bicyclic) bond motifs is 1. The fourth-order valence-electron chi connectivity index (χ4n) is 3.51. The summed E-state index contributed by atoms with van der Waals surface area (Å²) in [7, 11) is 0. The molecule has 0 fully saturated rings. The second-order valence-corrected chi connectivity index (χ2v) is 8.56. The molecule has 146 valence electrons. The highest BCUT2D eigenvalue weighted by Crippen LogP contribution is 2.31. The summed E-state index contributed by atoms with van der Waals surface area (Å²) in [4.78, 5) is 17.5. The molecule has 4 aromatic rings. The molecule has 0 saturated carbocycles. The molecule has 3 nitrogen and oxygen atoms in total. The van der Waals surface area contributed by atoms with Gasteiger partial charge in [-0.15, -0.1) is 0 Å². The van der Waals surface area contributed by atoms with Gasteiger partial charge in [0, 0.05) is 12.3 Å². The molecule has 0 radical (unpaired) electrons. The number of hydrogen-bond acceptors (Lipinski definition) is 3. The molecule has 1 heterocycles. The molecule has 0 atom stereocenters. The van der Waals surface area contributed by atoms with E-state index in [4.69, 9.17) is 0 Å². The molecular weight excluding hydrogens is 376 g/mol. The Morgan fingerprint density at radius 2 is 1.52 bits per heavy atom. The number of nitrogens with zero attached hydrogens (tertiary/aromatic N) is 1. The smallest absolute Gasteiger partial charge is 0.227 e. The highest BCUT2D eigenvalue weighted by atomic mass is 32.1. The van der Waals surface area contributed by atoms with Gasteiger partial charge < -0.3 is 5.32 Å². The highest BCUT2D eigenvalue weighted by Gasteiger charge is 2.19. The number of aromatic nitrogens is 1. The largest absolute Gasteiger partial charge is 0.302 e. The maximum atomic E-state index is 12.9. The lowest BCUT2D eigenvalue weighted by Gasteiger charge is -2.17. The van der Waals surface area contributed by atoms with Crippen molar-refractivity contribution in [3.05, 3.63) is 95.6 Å². The lowest BCUT2D eigenvalue weighted by Crippen LogP contribution is -2.16. The first-order valence-electron chi connectivity index (χ1n) is 9.90. The normalized spacial score (nSPS) is 11.3. The van der Waals surface area contributed by atoms with Crippen LogP contribution in [0.1, 0.15) is 48.8 Å². The molecule has 1 N–H and O–H groups in total. The first kappa shape index (κ1) is 19.3. The van der Waals surface area contributed by atoms with Crippen LogP contribution in [0.3, 0.4) is 0 Å². The standard InChI is InChI=1S/C25H24N2OS/c1-17(2)20-13-14-22-23(15-20)29-25(26-22)27-24(28)16-21(18-9-5-3-6-10-18)19-11-7-4-8-12-19/h3-15,17,21H,16H2,1-2H3,(H,26,27,28). The van der Waals surface area contributed by atoms with Crippen LogP contribution in [0, 0.1) is 0 Å². The molecule has 29 heavy (non-hydrogen) atoms. The Kier molecular flexibility index (Phi) is 5.72. The van der Waals surface area contributed by atoms with Crippen LogP contribution >= 0.6 is 11.3 Å². The molecule has 0 bridgehead atoms. The third kappa shape index (κ3) is 4.54. The summed E-state index contributed by atoms with van der Waals surface area (Å²) >= 11 is 1.53. The number of benzene rings is 3. The lowest BCUT2D eigenvalue weighted by molar-refractivity contribution is -0.116. The summed E-state index contributed by atoms with van der Waals surface area (Å²) < 4.78 is 1.11. The Hall–Kier alpha value is -2.98. The molecule has 4 rings (SSSR count). The zero-order valence-electron chi connectivity index (χ0n) is 16.6. The van der Waals surface area contributed by atoms with Crippen molar-refractivity contribution < 1.29 is 4.79 Å². The summed E-state index contributed by atoms with van der Waals surface area (Å²) in [5.41, 5.74) is 4.49. The molecule has 3 aromatic carbocycles. The van der Waals surface area contributed by atoms with E-state index < -0.39 is 0 Å². The predicted molar refractivity (Wildman–Crippen MR) is 122 cm³/mol. The van der Waals surface area contributed by atoms with E-state index in [1.165, 1.54) is 16.9 Å².